The van der Waals surface area contributed by atoms with Crippen molar-refractivity contribution in [2.24, 2.45) is 5.92 Å². The van der Waals surface area contributed by atoms with Gasteiger partial charge in [-0.2, -0.15) is 9.40 Å². The molecule has 1 N–H and O–H groups in total. The molecule has 1 aromatic rings. The van der Waals surface area contributed by atoms with E-state index in [1.807, 2.05) is 0 Å². The number of aryl methyl sites for hydroxylation is 2. The van der Waals surface area contributed by atoms with Gasteiger partial charge in [-0.3, -0.25) is 5.10 Å². The fourth-order valence-electron chi connectivity index (χ4n) is 3.47. The van der Waals surface area contributed by atoms with Crippen LogP contribution in [0.1, 0.15) is 56.3 Å². The van der Waals surface area contributed by atoms with E-state index in [9.17, 15) is 8.42 Å². The van der Waals surface area contributed by atoms with Gasteiger partial charge in [-0.25, -0.2) is 8.42 Å². The molecule has 0 spiro atoms. The summed E-state index contributed by atoms with van der Waals surface area (Å²) in [6.45, 7) is 4.25. The summed E-state index contributed by atoms with van der Waals surface area (Å²) >= 11 is 0. The maximum atomic E-state index is 13.1. The van der Waals surface area contributed by atoms with E-state index in [0.717, 1.165) is 12.8 Å². The fourth-order valence-corrected chi connectivity index (χ4v) is 5.56. The molecule has 0 aliphatic heterocycles. The minimum atomic E-state index is -3.42. The van der Waals surface area contributed by atoms with E-state index in [0.29, 0.717) is 28.7 Å². The third kappa shape index (κ3) is 3.01. The second-order valence-electron chi connectivity index (χ2n) is 6.57. The molecule has 0 saturated heterocycles. The van der Waals surface area contributed by atoms with Crippen LogP contribution in [0.15, 0.2) is 4.90 Å². The standard InChI is InChI=1S/C15H25N3O2S/c1-11-15(12(2)17-16-11)21(19,20)18(14-8-9-14)10-13-6-4-3-5-7-13/h13-14H,3-10H2,1-2H3,(H,16,17). The van der Waals surface area contributed by atoms with Crippen molar-refractivity contribution in [1.82, 2.24) is 14.5 Å². The number of aromatic amines is 1. The normalized spacial score (nSPS) is 21.1. The Morgan fingerprint density at radius 3 is 2.33 bits per heavy atom. The Morgan fingerprint density at radius 1 is 1.14 bits per heavy atom. The Hall–Kier alpha value is -0.880. The zero-order chi connectivity index (χ0) is 15.0. The molecule has 1 aromatic heterocycles. The second-order valence-corrected chi connectivity index (χ2v) is 8.40. The number of nitrogens with one attached hydrogen (secondary N) is 1. The molecule has 0 bridgehead atoms. The summed E-state index contributed by atoms with van der Waals surface area (Å²) < 4.78 is 27.9. The van der Waals surface area contributed by atoms with Gasteiger partial charge in [0.25, 0.3) is 0 Å². The van der Waals surface area contributed by atoms with E-state index in [-0.39, 0.29) is 6.04 Å². The summed E-state index contributed by atoms with van der Waals surface area (Å²) in [5, 5.41) is 6.87. The van der Waals surface area contributed by atoms with Crippen molar-refractivity contribution in [2.75, 3.05) is 6.54 Å². The molecule has 2 aliphatic carbocycles. The second kappa shape index (κ2) is 5.72. The highest BCUT2D eigenvalue weighted by atomic mass is 32.2. The molecule has 0 unspecified atom stereocenters. The number of sulfonamides is 1. The van der Waals surface area contributed by atoms with Crippen LogP contribution < -0.4 is 0 Å². The Bertz CT molecular complexity index is 579. The molecule has 6 heteroatoms. The van der Waals surface area contributed by atoms with E-state index in [1.165, 1.54) is 32.1 Å². The Morgan fingerprint density at radius 2 is 1.81 bits per heavy atom. The van der Waals surface area contributed by atoms with E-state index in [4.69, 9.17) is 0 Å². The maximum Gasteiger partial charge on any atom is 0.246 e. The number of aromatic nitrogens is 2. The molecule has 0 aromatic carbocycles. The molecule has 2 aliphatic rings. The largest absolute Gasteiger partial charge is 0.281 e. The van der Waals surface area contributed by atoms with E-state index >= 15 is 0 Å². The molecule has 21 heavy (non-hydrogen) atoms. The van der Waals surface area contributed by atoms with Gasteiger partial charge in [0.15, 0.2) is 0 Å². The number of nitrogens with zero attached hydrogens (tertiary/aromatic N) is 2. The van der Waals surface area contributed by atoms with Gasteiger partial charge in [0.2, 0.25) is 10.0 Å². The summed E-state index contributed by atoms with van der Waals surface area (Å²) in [5.41, 5.74) is 1.24. The van der Waals surface area contributed by atoms with Crippen LogP contribution >= 0.6 is 0 Å². The van der Waals surface area contributed by atoms with Gasteiger partial charge in [-0.1, -0.05) is 19.3 Å². The van der Waals surface area contributed by atoms with Crippen molar-refractivity contribution in [1.29, 1.82) is 0 Å². The predicted octanol–water partition coefficient (Wildman–Crippen LogP) is 2.76. The van der Waals surface area contributed by atoms with Crippen molar-refractivity contribution < 1.29 is 8.42 Å². The Kier molecular flexibility index (Phi) is 4.10. The monoisotopic (exact) mass is 311 g/mol. The first-order valence-electron chi connectivity index (χ1n) is 8.03. The highest BCUT2D eigenvalue weighted by molar-refractivity contribution is 7.89. The minimum absolute atomic E-state index is 0.214. The molecule has 0 atom stereocenters. The lowest BCUT2D eigenvalue weighted by Crippen LogP contribution is -2.38. The van der Waals surface area contributed by atoms with E-state index < -0.39 is 10.0 Å². The quantitative estimate of drug-likeness (QED) is 0.909. The number of hydrogen-bond acceptors (Lipinski definition) is 3. The van der Waals surface area contributed by atoms with Gasteiger partial charge in [0, 0.05) is 12.6 Å². The number of H-pyrrole nitrogens is 1. The first-order chi connectivity index (χ1) is 10.00. The zero-order valence-corrected chi connectivity index (χ0v) is 13.7. The van der Waals surface area contributed by atoms with Crippen LogP contribution in [0.4, 0.5) is 0 Å². The third-order valence-electron chi connectivity index (χ3n) is 4.74. The number of rotatable bonds is 5. The van der Waals surface area contributed by atoms with Crippen molar-refractivity contribution in [2.45, 2.75) is 69.7 Å². The van der Waals surface area contributed by atoms with Crippen molar-refractivity contribution in [3.05, 3.63) is 11.4 Å². The van der Waals surface area contributed by atoms with Crippen LogP contribution in [0.3, 0.4) is 0 Å². The van der Waals surface area contributed by atoms with Crippen LogP contribution in [0.25, 0.3) is 0 Å². The summed E-state index contributed by atoms with van der Waals surface area (Å²) in [7, 11) is -3.42. The van der Waals surface area contributed by atoms with Crippen molar-refractivity contribution >= 4 is 10.0 Å². The van der Waals surface area contributed by atoms with Gasteiger partial charge in [0.1, 0.15) is 4.90 Å². The SMILES string of the molecule is Cc1n[nH]c(C)c1S(=O)(=O)N(CC1CCCCC1)C1CC1. The topological polar surface area (TPSA) is 66.1 Å². The molecule has 3 rings (SSSR count). The van der Waals surface area contributed by atoms with E-state index in [1.54, 1.807) is 18.2 Å². The first kappa shape index (κ1) is 15.0. The maximum absolute atomic E-state index is 13.1. The van der Waals surface area contributed by atoms with Gasteiger partial charge >= 0.3 is 0 Å². The van der Waals surface area contributed by atoms with Crippen molar-refractivity contribution in [3.63, 3.8) is 0 Å². The van der Waals surface area contributed by atoms with Crippen LogP contribution in [0.5, 0.6) is 0 Å². The summed E-state index contributed by atoms with van der Waals surface area (Å²) in [5.74, 6) is 0.529. The van der Waals surface area contributed by atoms with Crippen LogP contribution in [-0.4, -0.2) is 35.5 Å². The Labute approximate surface area is 127 Å². The molecular weight excluding hydrogens is 286 g/mol. The summed E-state index contributed by atoms with van der Waals surface area (Å²) in [6.07, 6.45) is 8.13. The van der Waals surface area contributed by atoms with Gasteiger partial charge in [0.05, 0.1) is 11.4 Å². The fraction of sp³-hybridized carbons (Fsp3) is 0.800. The van der Waals surface area contributed by atoms with Crippen LogP contribution in [0, 0.1) is 19.8 Å². The zero-order valence-electron chi connectivity index (χ0n) is 12.9. The molecule has 0 amide bonds. The van der Waals surface area contributed by atoms with Crippen LogP contribution in [-0.2, 0) is 10.0 Å². The minimum Gasteiger partial charge on any atom is -0.281 e. The molecule has 1 heterocycles. The van der Waals surface area contributed by atoms with Crippen LogP contribution in [0.2, 0.25) is 0 Å². The molecule has 0 radical (unpaired) electrons. The average Bonchev–Trinajstić information content (AvgIpc) is 3.22. The Balaban J connectivity index is 1.86. The van der Waals surface area contributed by atoms with Gasteiger partial charge in [-0.05, 0) is 45.4 Å². The molecular formula is C15H25N3O2S. The van der Waals surface area contributed by atoms with Crippen molar-refractivity contribution in [3.8, 4) is 0 Å². The molecule has 2 saturated carbocycles. The predicted molar refractivity (Wildman–Crippen MR) is 81.6 cm³/mol. The number of hydrogen-bond donors (Lipinski definition) is 1. The smallest absolute Gasteiger partial charge is 0.246 e. The highest BCUT2D eigenvalue weighted by Gasteiger charge is 2.41. The highest BCUT2D eigenvalue weighted by Crippen LogP contribution is 2.36. The van der Waals surface area contributed by atoms with Gasteiger partial charge in [-0.15, -0.1) is 0 Å². The summed E-state index contributed by atoms with van der Waals surface area (Å²) in [4.78, 5) is 0.394. The van der Waals surface area contributed by atoms with Gasteiger partial charge < -0.3 is 0 Å². The molecule has 118 valence electrons. The lowest BCUT2D eigenvalue weighted by molar-refractivity contribution is 0.274. The summed E-state index contributed by atoms with van der Waals surface area (Å²) in [6, 6.07) is 0.214. The lowest BCUT2D eigenvalue weighted by atomic mass is 9.89. The third-order valence-corrected chi connectivity index (χ3v) is 6.93. The first-order valence-corrected chi connectivity index (χ1v) is 9.47. The van der Waals surface area contributed by atoms with E-state index in [2.05, 4.69) is 10.2 Å². The molecule has 2 fully saturated rings. The lowest BCUT2D eigenvalue weighted by Gasteiger charge is -2.29. The average molecular weight is 311 g/mol. The molecule has 5 nitrogen and oxygen atoms in total.